The smallest absolute Gasteiger partial charge is 0.321 e. The van der Waals surface area contributed by atoms with Crippen LogP contribution in [-0.4, -0.2) is 34.9 Å². The van der Waals surface area contributed by atoms with Crippen LogP contribution >= 0.6 is 0 Å². The van der Waals surface area contributed by atoms with Gasteiger partial charge in [0.1, 0.15) is 0 Å². The van der Waals surface area contributed by atoms with Gasteiger partial charge in [-0.05, 0) is 49.4 Å². The van der Waals surface area contributed by atoms with E-state index < -0.39 is 0 Å². The van der Waals surface area contributed by atoms with Gasteiger partial charge in [0.2, 0.25) is 5.91 Å². The molecule has 3 rings (SSSR count). The van der Waals surface area contributed by atoms with Crippen LogP contribution in [0.3, 0.4) is 0 Å². The number of aryl methyl sites for hydroxylation is 2. The van der Waals surface area contributed by atoms with Crippen LogP contribution in [-0.2, 0) is 17.6 Å². The third-order valence-electron chi connectivity index (χ3n) is 4.82. The summed E-state index contributed by atoms with van der Waals surface area (Å²) in [5, 5.41) is 3.01. The number of pyridine rings is 1. The van der Waals surface area contributed by atoms with E-state index in [1.54, 1.807) is 11.1 Å². The molecule has 136 valence electrons. The number of amides is 3. The van der Waals surface area contributed by atoms with Crippen molar-refractivity contribution in [2.45, 2.75) is 25.7 Å². The van der Waals surface area contributed by atoms with E-state index in [4.69, 9.17) is 5.73 Å². The van der Waals surface area contributed by atoms with E-state index in [0.717, 1.165) is 29.8 Å². The first kappa shape index (κ1) is 17.9. The molecule has 0 aliphatic carbocycles. The van der Waals surface area contributed by atoms with Gasteiger partial charge in [-0.1, -0.05) is 24.3 Å². The topological polar surface area (TPSA) is 88.3 Å². The van der Waals surface area contributed by atoms with Crippen LogP contribution in [0.2, 0.25) is 0 Å². The molecule has 3 N–H and O–H groups in total. The second kappa shape index (κ2) is 8.47. The highest BCUT2D eigenvalue weighted by molar-refractivity contribution is 5.90. The number of carbonyl (C=O) groups is 2. The highest BCUT2D eigenvalue weighted by atomic mass is 16.2. The Bertz CT molecular complexity index is 755. The lowest BCUT2D eigenvalue weighted by molar-refractivity contribution is -0.122. The molecule has 1 aromatic heterocycles. The number of urea groups is 1. The van der Waals surface area contributed by atoms with Crippen molar-refractivity contribution < 1.29 is 9.59 Å². The van der Waals surface area contributed by atoms with Gasteiger partial charge in [0.15, 0.2) is 0 Å². The Balaban J connectivity index is 1.59. The second-order valence-corrected chi connectivity index (χ2v) is 6.57. The van der Waals surface area contributed by atoms with Gasteiger partial charge in [0.25, 0.3) is 0 Å². The molecule has 1 aliphatic heterocycles. The minimum atomic E-state index is -0.273. The maximum absolute atomic E-state index is 12.6. The number of likely N-dealkylation sites (tertiary alicyclic amines) is 1. The largest absolute Gasteiger partial charge is 0.369 e. The van der Waals surface area contributed by atoms with Crippen LogP contribution in [0.15, 0.2) is 48.7 Å². The SMILES string of the molecule is NC(=O)C1CCN(C(=O)Nc2ccccc2CCc2ccccn2)CC1. The summed E-state index contributed by atoms with van der Waals surface area (Å²) in [6.07, 6.45) is 4.67. The van der Waals surface area contributed by atoms with E-state index in [-0.39, 0.29) is 17.9 Å². The van der Waals surface area contributed by atoms with E-state index >= 15 is 0 Å². The van der Waals surface area contributed by atoms with Gasteiger partial charge in [-0.2, -0.15) is 0 Å². The van der Waals surface area contributed by atoms with E-state index in [9.17, 15) is 9.59 Å². The molecule has 1 aromatic carbocycles. The summed E-state index contributed by atoms with van der Waals surface area (Å²) in [7, 11) is 0. The predicted molar refractivity (Wildman–Crippen MR) is 101 cm³/mol. The fourth-order valence-electron chi connectivity index (χ4n) is 3.23. The molecule has 0 unspecified atom stereocenters. The number of nitrogens with two attached hydrogens (primary N) is 1. The Morgan fingerprint density at radius 2 is 1.81 bits per heavy atom. The number of carbonyl (C=O) groups excluding carboxylic acids is 2. The number of anilines is 1. The summed E-state index contributed by atoms with van der Waals surface area (Å²) in [4.78, 5) is 29.9. The summed E-state index contributed by atoms with van der Waals surface area (Å²) in [6.45, 7) is 1.10. The zero-order valence-electron chi connectivity index (χ0n) is 14.7. The van der Waals surface area contributed by atoms with E-state index in [0.29, 0.717) is 25.9 Å². The molecule has 1 saturated heterocycles. The van der Waals surface area contributed by atoms with Crippen molar-refractivity contribution in [3.63, 3.8) is 0 Å². The van der Waals surface area contributed by atoms with Gasteiger partial charge in [-0.3, -0.25) is 9.78 Å². The number of hydrogen-bond acceptors (Lipinski definition) is 3. The highest BCUT2D eigenvalue weighted by Gasteiger charge is 2.26. The monoisotopic (exact) mass is 352 g/mol. The zero-order valence-corrected chi connectivity index (χ0v) is 14.7. The number of nitrogens with one attached hydrogen (secondary N) is 1. The lowest BCUT2D eigenvalue weighted by atomic mass is 9.96. The minimum Gasteiger partial charge on any atom is -0.369 e. The summed E-state index contributed by atoms with van der Waals surface area (Å²) >= 11 is 0. The summed E-state index contributed by atoms with van der Waals surface area (Å²) in [6, 6.07) is 13.6. The van der Waals surface area contributed by atoms with Crippen LogP contribution in [0.5, 0.6) is 0 Å². The molecule has 6 nitrogen and oxygen atoms in total. The number of benzene rings is 1. The number of aromatic nitrogens is 1. The Hall–Kier alpha value is -2.89. The maximum Gasteiger partial charge on any atom is 0.321 e. The molecule has 0 radical (unpaired) electrons. The van der Waals surface area contributed by atoms with Gasteiger partial charge in [-0.15, -0.1) is 0 Å². The van der Waals surface area contributed by atoms with Crippen molar-refractivity contribution in [2.24, 2.45) is 11.7 Å². The van der Waals surface area contributed by atoms with Crippen LogP contribution in [0.1, 0.15) is 24.1 Å². The average molecular weight is 352 g/mol. The number of nitrogens with zero attached hydrogens (tertiary/aromatic N) is 2. The maximum atomic E-state index is 12.6. The summed E-state index contributed by atoms with van der Waals surface area (Å²) < 4.78 is 0. The van der Waals surface area contributed by atoms with Crippen LogP contribution < -0.4 is 11.1 Å². The lowest BCUT2D eigenvalue weighted by Gasteiger charge is -2.30. The number of rotatable bonds is 5. The van der Waals surface area contributed by atoms with Gasteiger partial charge in [-0.25, -0.2) is 4.79 Å². The van der Waals surface area contributed by atoms with E-state index in [2.05, 4.69) is 10.3 Å². The number of hydrogen-bond donors (Lipinski definition) is 2. The molecule has 6 heteroatoms. The van der Waals surface area contributed by atoms with Crippen LogP contribution in [0.25, 0.3) is 0 Å². The summed E-state index contributed by atoms with van der Waals surface area (Å²) in [5.74, 6) is -0.394. The number of piperidine rings is 1. The van der Waals surface area contributed by atoms with Gasteiger partial charge >= 0.3 is 6.03 Å². The number of primary amides is 1. The normalized spacial score (nSPS) is 14.8. The van der Waals surface area contributed by atoms with Crippen LogP contribution in [0.4, 0.5) is 10.5 Å². The molecule has 26 heavy (non-hydrogen) atoms. The van der Waals surface area contributed by atoms with Crippen molar-refractivity contribution in [2.75, 3.05) is 18.4 Å². The third-order valence-corrected chi connectivity index (χ3v) is 4.82. The van der Waals surface area contributed by atoms with Crippen molar-refractivity contribution in [3.8, 4) is 0 Å². The Morgan fingerprint density at radius 3 is 2.50 bits per heavy atom. The van der Waals surface area contributed by atoms with Crippen molar-refractivity contribution in [1.29, 1.82) is 0 Å². The second-order valence-electron chi connectivity index (χ2n) is 6.57. The first-order chi connectivity index (χ1) is 12.6. The van der Waals surface area contributed by atoms with Crippen molar-refractivity contribution >= 4 is 17.6 Å². The van der Waals surface area contributed by atoms with Crippen LogP contribution in [0, 0.1) is 5.92 Å². The van der Waals surface area contributed by atoms with Gasteiger partial charge < -0.3 is 16.0 Å². The van der Waals surface area contributed by atoms with Gasteiger partial charge in [0, 0.05) is 36.6 Å². The molecular weight excluding hydrogens is 328 g/mol. The standard InChI is InChI=1S/C20H24N4O2/c21-19(25)16-10-13-24(14-11-16)20(26)23-18-7-2-1-5-15(18)8-9-17-6-3-4-12-22-17/h1-7,12,16H,8-11,13-14H2,(H2,21,25)(H,23,26). The molecule has 0 saturated carbocycles. The molecule has 3 amide bonds. The van der Waals surface area contributed by atoms with E-state index in [1.165, 1.54) is 0 Å². The molecule has 0 bridgehead atoms. The Kier molecular flexibility index (Phi) is 5.84. The molecule has 1 fully saturated rings. The molecule has 2 aromatic rings. The Morgan fingerprint density at radius 1 is 1.08 bits per heavy atom. The van der Waals surface area contributed by atoms with Gasteiger partial charge in [0.05, 0.1) is 0 Å². The Labute approximate surface area is 153 Å². The third kappa shape index (κ3) is 4.59. The molecular formula is C20H24N4O2. The molecule has 1 aliphatic rings. The van der Waals surface area contributed by atoms with Crippen molar-refractivity contribution in [1.82, 2.24) is 9.88 Å². The molecule has 0 spiro atoms. The lowest BCUT2D eigenvalue weighted by Crippen LogP contribution is -2.43. The van der Waals surface area contributed by atoms with Crippen molar-refractivity contribution in [3.05, 3.63) is 59.9 Å². The predicted octanol–water partition coefficient (Wildman–Crippen LogP) is 2.60. The molecule has 0 atom stereocenters. The zero-order chi connectivity index (χ0) is 18.4. The fraction of sp³-hybridized carbons (Fsp3) is 0.350. The van der Waals surface area contributed by atoms with E-state index in [1.807, 2.05) is 42.5 Å². The number of para-hydroxylation sites is 1. The highest BCUT2D eigenvalue weighted by Crippen LogP contribution is 2.20. The quantitative estimate of drug-likeness (QED) is 0.867. The minimum absolute atomic E-state index is 0.121. The fourth-order valence-corrected chi connectivity index (χ4v) is 3.23. The summed E-state index contributed by atoms with van der Waals surface area (Å²) in [5.41, 5.74) is 8.29. The first-order valence-electron chi connectivity index (χ1n) is 8.96. The molecule has 2 heterocycles. The first-order valence-corrected chi connectivity index (χ1v) is 8.96. The average Bonchev–Trinajstić information content (AvgIpc) is 2.68.